The van der Waals surface area contributed by atoms with Gasteiger partial charge in [-0.3, -0.25) is 4.79 Å². The van der Waals surface area contributed by atoms with Crippen LogP contribution in [0.25, 0.3) is 0 Å². The van der Waals surface area contributed by atoms with E-state index in [9.17, 15) is 31.1 Å². The third kappa shape index (κ3) is 4.56. The van der Waals surface area contributed by atoms with E-state index in [1.807, 2.05) is 5.32 Å². The van der Waals surface area contributed by atoms with Crippen molar-refractivity contribution in [1.29, 1.82) is 0 Å². The number of alkyl halides is 6. The second kappa shape index (κ2) is 6.47. The predicted octanol–water partition coefficient (Wildman–Crippen LogP) is 5.21. The van der Waals surface area contributed by atoms with E-state index in [-0.39, 0.29) is 22.3 Å². The van der Waals surface area contributed by atoms with Crippen molar-refractivity contribution in [3.63, 3.8) is 0 Å². The Bertz CT molecular complexity index is 784. The Kier molecular flexibility index (Phi) is 4.90. The molecule has 2 rings (SSSR count). The molecule has 134 valence electrons. The van der Waals surface area contributed by atoms with Gasteiger partial charge in [-0.05, 0) is 36.4 Å². The molecule has 0 aliphatic carbocycles. The fourth-order valence-electron chi connectivity index (χ4n) is 1.92. The number of benzene rings is 2. The van der Waals surface area contributed by atoms with Gasteiger partial charge in [0.15, 0.2) is 0 Å². The number of anilines is 2. The summed E-state index contributed by atoms with van der Waals surface area (Å²) in [6.07, 6.45) is -10.0. The second-order valence-corrected chi connectivity index (χ2v) is 5.39. The maximum Gasteiger partial charge on any atom is 0.416 e. The van der Waals surface area contributed by atoms with Gasteiger partial charge in [0.05, 0.1) is 21.8 Å². The average Bonchev–Trinajstić information content (AvgIpc) is 2.48. The van der Waals surface area contributed by atoms with Crippen molar-refractivity contribution < 1.29 is 31.1 Å². The van der Waals surface area contributed by atoms with Gasteiger partial charge in [-0.1, -0.05) is 11.6 Å². The molecule has 0 bridgehead atoms. The first kappa shape index (κ1) is 18.9. The molecule has 0 aliphatic heterocycles. The van der Waals surface area contributed by atoms with Crippen LogP contribution in [0, 0.1) is 0 Å². The van der Waals surface area contributed by atoms with Crippen molar-refractivity contribution >= 4 is 28.9 Å². The lowest BCUT2D eigenvalue weighted by Gasteiger charge is -2.15. The molecular weight excluding hydrogens is 374 g/mol. The summed E-state index contributed by atoms with van der Waals surface area (Å²) < 4.78 is 76.7. The molecule has 3 N–H and O–H groups in total. The minimum absolute atomic E-state index is 0.0318. The number of hydrogen-bond donors (Lipinski definition) is 2. The lowest BCUT2D eigenvalue weighted by Crippen LogP contribution is -2.16. The van der Waals surface area contributed by atoms with Gasteiger partial charge in [-0.15, -0.1) is 0 Å². The molecule has 0 saturated carbocycles. The van der Waals surface area contributed by atoms with Gasteiger partial charge in [0.2, 0.25) is 0 Å². The molecule has 0 saturated heterocycles. The van der Waals surface area contributed by atoms with Gasteiger partial charge in [0.25, 0.3) is 5.91 Å². The van der Waals surface area contributed by atoms with Crippen LogP contribution in [-0.2, 0) is 12.4 Å². The summed E-state index contributed by atoms with van der Waals surface area (Å²) in [6.45, 7) is 0. The molecule has 2 aromatic rings. The van der Waals surface area contributed by atoms with Crippen molar-refractivity contribution in [2.24, 2.45) is 0 Å². The van der Waals surface area contributed by atoms with Gasteiger partial charge in [0, 0.05) is 11.3 Å². The van der Waals surface area contributed by atoms with Crippen molar-refractivity contribution in [1.82, 2.24) is 0 Å². The van der Waals surface area contributed by atoms with Crippen molar-refractivity contribution in [3.05, 3.63) is 58.1 Å². The molecule has 2 aromatic carbocycles. The van der Waals surface area contributed by atoms with Crippen LogP contribution >= 0.6 is 11.6 Å². The van der Waals surface area contributed by atoms with E-state index >= 15 is 0 Å². The molecule has 0 radical (unpaired) electrons. The van der Waals surface area contributed by atoms with Gasteiger partial charge >= 0.3 is 12.4 Å². The van der Waals surface area contributed by atoms with Crippen LogP contribution in [0.15, 0.2) is 36.4 Å². The highest BCUT2D eigenvalue weighted by atomic mass is 35.5. The average molecular weight is 383 g/mol. The molecule has 10 heteroatoms. The number of nitrogens with two attached hydrogens (primary N) is 1. The van der Waals surface area contributed by atoms with Crippen LogP contribution in [0.2, 0.25) is 5.02 Å². The fourth-order valence-corrected chi connectivity index (χ4v) is 2.03. The number of amides is 1. The molecule has 3 nitrogen and oxygen atoms in total. The zero-order chi connectivity index (χ0) is 19.0. The summed E-state index contributed by atoms with van der Waals surface area (Å²) in [5.74, 6) is -0.934. The van der Waals surface area contributed by atoms with Crippen molar-refractivity contribution in [2.75, 3.05) is 11.1 Å². The van der Waals surface area contributed by atoms with E-state index in [1.54, 1.807) is 0 Å². The fraction of sp³-hybridized carbons (Fsp3) is 0.133. The molecule has 0 spiro atoms. The van der Waals surface area contributed by atoms with Crippen LogP contribution in [0.4, 0.5) is 37.7 Å². The van der Waals surface area contributed by atoms with Crippen LogP contribution < -0.4 is 11.1 Å². The summed E-state index contributed by atoms with van der Waals surface area (Å²) in [6, 6.07) is 4.44. The lowest BCUT2D eigenvalue weighted by molar-refractivity contribution is -0.143. The highest BCUT2D eigenvalue weighted by Crippen LogP contribution is 2.37. The normalized spacial score (nSPS) is 12.1. The van der Waals surface area contributed by atoms with E-state index in [0.29, 0.717) is 12.1 Å². The minimum atomic E-state index is -5.01. The van der Waals surface area contributed by atoms with Gasteiger partial charge < -0.3 is 11.1 Å². The third-order valence-corrected chi connectivity index (χ3v) is 3.45. The topological polar surface area (TPSA) is 55.1 Å². The molecule has 0 fully saturated rings. The Hall–Kier alpha value is -2.42. The Morgan fingerprint density at radius 2 is 1.44 bits per heavy atom. The maximum atomic E-state index is 12.8. The number of carbonyl (C=O) groups is 1. The molecule has 25 heavy (non-hydrogen) atoms. The molecule has 0 aromatic heterocycles. The Balaban J connectivity index is 2.41. The summed E-state index contributed by atoms with van der Waals surface area (Å²) in [5, 5.41) is 2.14. The lowest BCUT2D eigenvalue weighted by atomic mass is 10.1. The smallest absolute Gasteiger partial charge is 0.398 e. The highest BCUT2D eigenvalue weighted by Gasteiger charge is 2.37. The zero-order valence-corrected chi connectivity index (χ0v) is 12.9. The SMILES string of the molecule is Nc1cc(C(=O)Nc2cc(C(F)(F)F)cc(C(F)(F)F)c2)ccc1Cl. The van der Waals surface area contributed by atoms with Gasteiger partial charge in [0.1, 0.15) is 0 Å². The minimum Gasteiger partial charge on any atom is -0.398 e. The van der Waals surface area contributed by atoms with Crippen LogP contribution in [0.1, 0.15) is 21.5 Å². The van der Waals surface area contributed by atoms with E-state index in [4.69, 9.17) is 17.3 Å². The molecule has 0 heterocycles. The first-order valence-electron chi connectivity index (χ1n) is 6.54. The molecule has 0 aliphatic rings. The Labute approximate surface area is 142 Å². The zero-order valence-electron chi connectivity index (χ0n) is 12.1. The number of nitrogen functional groups attached to an aromatic ring is 1. The number of halogens is 7. The quantitative estimate of drug-likeness (QED) is 0.553. The number of carbonyl (C=O) groups excluding carboxylic acids is 1. The highest BCUT2D eigenvalue weighted by molar-refractivity contribution is 6.33. The monoisotopic (exact) mass is 382 g/mol. The number of nitrogens with one attached hydrogen (secondary N) is 1. The van der Waals surface area contributed by atoms with Gasteiger partial charge in [-0.25, -0.2) is 0 Å². The van der Waals surface area contributed by atoms with Crippen molar-refractivity contribution in [3.8, 4) is 0 Å². The summed E-state index contributed by atoms with van der Waals surface area (Å²) >= 11 is 5.68. The molecule has 0 unspecified atom stereocenters. The van der Waals surface area contributed by atoms with Crippen LogP contribution in [0.3, 0.4) is 0 Å². The summed E-state index contributed by atoms with van der Waals surface area (Å²) in [5.41, 5.74) is 1.74. The van der Waals surface area contributed by atoms with Gasteiger partial charge in [-0.2, -0.15) is 26.3 Å². The van der Waals surface area contributed by atoms with Crippen molar-refractivity contribution in [2.45, 2.75) is 12.4 Å². The maximum absolute atomic E-state index is 12.8. The first-order valence-corrected chi connectivity index (χ1v) is 6.91. The second-order valence-electron chi connectivity index (χ2n) is 4.98. The van der Waals surface area contributed by atoms with Crippen LogP contribution in [-0.4, -0.2) is 5.91 Å². The number of hydrogen-bond acceptors (Lipinski definition) is 2. The molecule has 0 atom stereocenters. The predicted molar refractivity (Wildman–Crippen MR) is 80.3 cm³/mol. The largest absolute Gasteiger partial charge is 0.416 e. The summed E-state index contributed by atoms with van der Waals surface area (Å²) in [4.78, 5) is 12.0. The Morgan fingerprint density at radius 3 is 1.88 bits per heavy atom. The standard InChI is InChI=1S/C15H9ClF6N2O/c16-11-2-1-7(3-12(11)23)13(25)24-10-5-8(14(17,18)19)4-9(6-10)15(20,21)22/h1-6H,23H2,(H,24,25). The van der Waals surface area contributed by atoms with E-state index < -0.39 is 35.1 Å². The summed E-state index contributed by atoms with van der Waals surface area (Å²) in [7, 11) is 0. The van der Waals surface area contributed by atoms with Crippen LogP contribution in [0.5, 0.6) is 0 Å². The van der Waals surface area contributed by atoms with E-state index in [1.165, 1.54) is 12.1 Å². The Morgan fingerprint density at radius 1 is 0.920 bits per heavy atom. The third-order valence-electron chi connectivity index (χ3n) is 3.10. The molecular formula is C15H9ClF6N2O. The van der Waals surface area contributed by atoms with E-state index in [2.05, 4.69) is 0 Å². The first-order chi connectivity index (χ1) is 11.4. The molecule has 1 amide bonds. The number of rotatable bonds is 2. The van der Waals surface area contributed by atoms with E-state index in [0.717, 1.165) is 6.07 Å².